The van der Waals surface area contributed by atoms with Gasteiger partial charge in [-0.05, 0) is 47.7 Å². The van der Waals surface area contributed by atoms with E-state index in [1.807, 2.05) is 18.2 Å². The SMILES string of the molecule is CCc1ccc(OC)c(CC(C#N)c2ccc(Cl)c(Cl)c2)c1. The number of hydrogen-bond acceptors (Lipinski definition) is 2. The summed E-state index contributed by atoms with van der Waals surface area (Å²) in [5, 5.41) is 10.5. The van der Waals surface area contributed by atoms with Gasteiger partial charge in [-0.25, -0.2) is 0 Å². The van der Waals surface area contributed by atoms with E-state index in [1.54, 1.807) is 19.2 Å². The molecule has 0 aromatic heterocycles. The van der Waals surface area contributed by atoms with Crippen LogP contribution in [0.4, 0.5) is 0 Å². The van der Waals surface area contributed by atoms with Gasteiger partial charge in [0.05, 0.1) is 29.1 Å². The first-order valence-corrected chi connectivity index (χ1v) is 7.85. The number of halogens is 2. The normalized spacial score (nSPS) is 11.8. The van der Waals surface area contributed by atoms with Gasteiger partial charge in [-0.2, -0.15) is 5.26 Å². The van der Waals surface area contributed by atoms with Gasteiger partial charge in [0.1, 0.15) is 5.75 Å². The molecule has 4 heteroatoms. The van der Waals surface area contributed by atoms with Crippen LogP contribution in [0, 0.1) is 11.3 Å². The predicted molar refractivity (Wildman–Crippen MR) is 90.9 cm³/mol. The molecule has 2 aromatic rings. The summed E-state index contributed by atoms with van der Waals surface area (Å²) in [7, 11) is 1.64. The number of nitriles is 1. The fourth-order valence-corrected chi connectivity index (χ4v) is 2.70. The molecule has 2 rings (SSSR count). The van der Waals surface area contributed by atoms with E-state index >= 15 is 0 Å². The molecule has 1 atom stereocenters. The van der Waals surface area contributed by atoms with Gasteiger partial charge in [-0.15, -0.1) is 0 Å². The Bertz CT molecular complexity index is 707. The molecular formula is C18H17Cl2NO. The number of aryl methyl sites for hydroxylation is 1. The van der Waals surface area contributed by atoms with Crippen LogP contribution >= 0.6 is 23.2 Å². The standard InChI is InChI=1S/C18H17Cl2NO/c1-3-12-4-7-18(22-2)14(8-12)9-15(11-21)13-5-6-16(19)17(20)10-13/h4-8,10,15H,3,9H2,1-2H3. The van der Waals surface area contributed by atoms with Crippen LogP contribution in [0.1, 0.15) is 29.5 Å². The highest BCUT2D eigenvalue weighted by atomic mass is 35.5. The zero-order valence-corrected chi connectivity index (χ0v) is 14.1. The molecule has 22 heavy (non-hydrogen) atoms. The van der Waals surface area contributed by atoms with E-state index in [0.717, 1.165) is 23.3 Å². The van der Waals surface area contributed by atoms with Crippen molar-refractivity contribution in [1.29, 1.82) is 5.26 Å². The molecule has 0 heterocycles. The quantitative estimate of drug-likeness (QED) is 0.732. The van der Waals surface area contributed by atoms with Crippen molar-refractivity contribution in [2.45, 2.75) is 25.7 Å². The molecule has 2 nitrogen and oxygen atoms in total. The van der Waals surface area contributed by atoms with Crippen LogP contribution < -0.4 is 4.74 Å². The van der Waals surface area contributed by atoms with E-state index in [-0.39, 0.29) is 5.92 Å². The van der Waals surface area contributed by atoms with E-state index in [4.69, 9.17) is 27.9 Å². The predicted octanol–water partition coefficient (Wildman–Crippen LogP) is 5.41. The van der Waals surface area contributed by atoms with Crippen LogP contribution in [0.5, 0.6) is 5.75 Å². The lowest BCUT2D eigenvalue weighted by Gasteiger charge is -2.14. The Kier molecular flexibility index (Phi) is 5.71. The lowest BCUT2D eigenvalue weighted by molar-refractivity contribution is 0.409. The molecule has 1 unspecified atom stereocenters. The van der Waals surface area contributed by atoms with Crippen LogP contribution in [0.15, 0.2) is 36.4 Å². The largest absolute Gasteiger partial charge is 0.496 e. The van der Waals surface area contributed by atoms with E-state index in [0.29, 0.717) is 16.5 Å². The fraction of sp³-hybridized carbons (Fsp3) is 0.278. The Hall–Kier alpha value is -1.69. The summed E-state index contributed by atoms with van der Waals surface area (Å²) in [6.07, 6.45) is 1.52. The Labute approximate surface area is 141 Å². The maximum absolute atomic E-state index is 9.52. The van der Waals surface area contributed by atoms with E-state index < -0.39 is 0 Å². The van der Waals surface area contributed by atoms with Gasteiger partial charge in [0.15, 0.2) is 0 Å². The highest BCUT2D eigenvalue weighted by Crippen LogP contribution is 2.31. The summed E-state index contributed by atoms with van der Waals surface area (Å²) in [4.78, 5) is 0. The molecule has 0 N–H and O–H groups in total. The maximum atomic E-state index is 9.52. The van der Waals surface area contributed by atoms with E-state index in [9.17, 15) is 5.26 Å². The number of methoxy groups -OCH3 is 1. The van der Waals surface area contributed by atoms with Crippen LogP contribution in [-0.4, -0.2) is 7.11 Å². The molecule has 2 aromatic carbocycles. The summed E-state index contributed by atoms with van der Waals surface area (Å²) in [5.41, 5.74) is 3.11. The molecule has 0 aliphatic carbocycles. The van der Waals surface area contributed by atoms with Crippen molar-refractivity contribution in [2.24, 2.45) is 0 Å². The summed E-state index contributed by atoms with van der Waals surface area (Å²) in [5.74, 6) is 0.508. The van der Waals surface area contributed by atoms with Gasteiger partial charge in [0, 0.05) is 0 Å². The van der Waals surface area contributed by atoms with E-state index in [2.05, 4.69) is 19.1 Å². The molecule has 0 aliphatic heterocycles. The lowest BCUT2D eigenvalue weighted by atomic mass is 9.92. The Morgan fingerprint density at radius 2 is 1.91 bits per heavy atom. The highest BCUT2D eigenvalue weighted by molar-refractivity contribution is 6.42. The van der Waals surface area contributed by atoms with Gasteiger partial charge in [0.25, 0.3) is 0 Å². The van der Waals surface area contributed by atoms with Crippen molar-refractivity contribution in [2.75, 3.05) is 7.11 Å². The van der Waals surface area contributed by atoms with Crippen molar-refractivity contribution in [3.05, 3.63) is 63.1 Å². The Morgan fingerprint density at radius 3 is 2.50 bits per heavy atom. The summed E-state index contributed by atoms with van der Waals surface area (Å²) < 4.78 is 5.41. The minimum Gasteiger partial charge on any atom is -0.496 e. The Morgan fingerprint density at radius 1 is 1.14 bits per heavy atom. The molecular weight excluding hydrogens is 317 g/mol. The van der Waals surface area contributed by atoms with Gasteiger partial charge in [0.2, 0.25) is 0 Å². The topological polar surface area (TPSA) is 33.0 Å². The third-order valence-electron chi connectivity index (χ3n) is 3.68. The van der Waals surface area contributed by atoms with Gasteiger partial charge in [-0.1, -0.05) is 48.3 Å². The maximum Gasteiger partial charge on any atom is 0.122 e. The van der Waals surface area contributed by atoms with Gasteiger partial charge in [-0.3, -0.25) is 0 Å². The van der Waals surface area contributed by atoms with Crippen molar-refractivity contribution in [1.82, 2.24) is 0 Å². The number of hydrogen-bond donors (Lipinski definition) is 0. The third-order valence-corrected chi connectivity index (χ3v) is 4.42. The lowest BCUT2D eigenvalue weighted by Crippen LogP contribution is -2.03. The third kappa shape index (κ3) is 3.74. The van der Waals surface area contributed by atoms with Crippen LogP contribution in [0.25, 0.3) is 0 Å². The molecule has 0 amide bonds. The first-order valence-electron chi connectivity index (χ1n) is 7.09. The zero-order valence-electron chi connectivity index (χ0n) is 12.6. The van der Waals surface area contributed by atoms with Crippen molar-refractivity contribution < 1.29 is 4.74 Å². The molecule has 0 bridgehead atoms. The minimum absolute atomic E-state index is 0.296. The van der Waals surface area contributed by atoms with Gasteiger partial charge >= 0.3 is 0 Å². The Balaban J connectivity index is 2.34. The highest BCUT2D eigenvalue weighted by Gasteiger charge is 2.16. The molecule has 0 aliphatic rings. The van der Waals surface area contributed by atoms with E-state index in [1.165, 1.54) is 5.56 Å². The van der Waals surface area contributed by atoms with Crippen molar-refractivity contribution >= 4 is 23.2 Å². The average molecular weight is 334 g/mol. The first-order chi connectivity index (χ1) is 10.6. The molecule has 0 radical (unpaired) electrons. The first kappa shape index (κ1) is 16.7. The van der Waals surface area contributed by atoms with Crippen LogP contribution in [0.3, 0.4) is 0 Å². The summed E-state index contributed by atoms with van der Waals surface area (Å²) in [6.45, 7) is 2.10. The van der Waals surface area contributed by atoms with Gasteiger partial charge < -0.3 is 4.74 Å². The second-order valence-electron chi connectivity index (χ2n) is 5.06. The zero-order chi connectivity index (χ0) is 16.1. The number of ether oxygens (including phenoxy) is 1. The van der Waals surface area contributed by atoms with Crippen molar-refractivity contribution in [3.8, 4) is 11.8 Å². The molecule has 114 valence electrons. The minimum atomic E-state index is -0.296. The second kappa shape index (κ2) is 7.54. The smallest absolute Gasteiger partial charge is 0.122 e. The second-order valence-corrected chi connectivity index (χ2v) is 5.87. The number of rotatable bonds is 5. The number of nitrogens with zero attached hydrogens (tertiary/aromatic N) is 1. The molecule has 0 saturated carbocycles. The summed E-state index contributed by atoms with van der Waals surface area (Å²) >= 11 is 12.0. The molecule has 0 fully saturated rings. The number of benzene rings is 2. The molecule has 0 saturated heterocycles. The molecule has 0 spiro atoms. The monoisotopic (exact) mass is 333 g/mol. The van der Waals surface area contributed by atoms with Crippen molar-refractivity contribution in [3.63, 3.8) is 0 Å². The average Bonchev–Trinajstić information content (AvgIpc) is 2.55. The van der Waals surface area contributed by atoms with Crippen LogP contribution in [0.2, 0.25) is 10.0 Å². The fourth-order valence-electron chi connectivity index (χ4n) is 2.40. The summed E-state index contributed by atoms with van der Waals surface area (Å²) in [6, 6.07) is 13.8. The van der Waals surface area contributed by atoms with Crippen LogP contribution in [-0.2, 0) is 12.8 Å².